The van der Waals surface area contributed by atoms with Gasteiger partial charge in [0.15, 0.2) is 0 Å². The van der Waals surface area contributed by atoms with Crippen LogP contribution in [0.3, 0.4) is 0 Å². The molecule has 0 aliphatic heterocycles. The van der Waals surface area contributed by atoms with Crippen LogP contribution in [0.4, 0.5) is 0 Å². The minimum absolute atomic E-state index is 0.302. The van der Waals surface area contributed by atoms with Gasteiger partial charge in [-0.3, -0.25) is 10.3 Å². The van der Waals surface area contributed by atoms with Crippen molar-refractivity contribution < 1.29 is 0 Å². The van der Waals surface area contributed by atoms with E-state index in [2.05, 4.69) is 18.7 Å². The second kappa shape index (κ2) is 4.61. The normalized spacial score (nSPS) is 16.9. The number of amidine groups is 1. The lowest BCUT2D eigenvalue weighted by molar-refractivity contribution is 0.280. The van der Waals surface area contributed by atoms with E-state index in [9.17, 15) is 0 Å². The average molecular weight is 183 g/mol. The summed E-state index contributed by atoms with van der Waals surface area (Å²) < 4.78 is 0. The molecule has 13 heavy (non-hydrogen) atoms. The zero-order valence-electron chi connectivity index (χ0n) is 8.71. The van der Waals surface area contributed by atoms with Gasteiger partial charge in [0.25, 0.3) is 0 Å². The fourth-order valence-corrected chi connectivity index (χ4v) is 1.47. The first kappa shape index (κ1) is 10.5. The summed E-state index contributed by atoms with van der Waals surface area (Å²) in [6.45, 7) is 6.23. The van der Waals surface area contributed by atoms with Crippen LogP contribution in [-0.4, -0.2) is 29.9 Å². The molecular weight excluding hydrogens is 162 g/mol. The number of hydrogen-bond acceptors (Lipinski definition) is 2. The Morgan fingerprint density at radius 3 is 2.54 bits per heavy atom. The lowest BCUT2D eigenvalue weighted by Gasteiger charge is -2.21. The highest BCUT2D eigenvalue weighted by Crippen LogP contribution is 2.26. The van der Waals surface area contributed by atoms with E-state index < -0.39 is 0 Å². The maximum Gasteiger partial charge on any atom is 0.105 e. The van der Waals surface area contributed by atoms with Gasteiger partial charge in [-0.25, -0.2) is 0 Å². The van der Waals surface area contributed by atoms with Gasteiger partial charge in [-0.2, -0.15) is 0 Å². The van der Waals surface area contributed by atoms with Crippen molar-refractivity contribution >= 4 is 5.84 Å². The number of rotatable bonds is 6. The van der Waals surface area contributed by atoms with Crippen LogP contribution in [-0.2, 0) is 0 Å². The highest BCUT2D eigenvalue weighted by molar-refractivity contribution is 5.79. The summed E-state index contributed by atoms with van der Waals surface area (Å²) in [5.41, 5.74) is 5.41. The Kier molecular flexibility index (Phi) is 3.72. The molecule has 0 unspecified atom stereocenters. The zero-order valence-corrected chi connectivity index (χ0v) is 8.71. The highest BCUT2D eigenvalue weighted by Gasteiger charge is 2.28. The van der Waals surface area contributed by atoms with E-state index in [-0.39, 0.29) is 0 Å². The summed E-state index contributed by atoms with van der Waals surface area (Å²) in [6, 6.07) is 0.725. The van der Waals surface area contributed by atoms with Gasteiger partial charge in [-0.15, -0.1) is 0 Å². The van der Waals surface area contributed by atoms with Gasteiger partial charge in [-0.1, -0.05) is 13.8 Å². The second-order valence-electron chi connectivity index (χ2n) is 4.41. The molecule has 76 valence electrons. The van der Waals surface area contributed by atoms with Gasteiger partial charge in [-0.05, 0) is 31.7 Å². The zero-order chi connectivity index (χ0) is 9.84. The molecule has 0 saturated heterocycles. The SMILES string of the molecule is CC(C)CCN(CC(=N)N)C1CC1. The van der Waals surface area contributed by atoms with E-state index in [4.69, 9.17) is 11.1 Å². The molecule has 0 amide bonds. The van der Waals surface area contributed by atoms with Crippen molar-refractivity contribution in [2.45, 2.75) is 39.2 Å². The Labute approximate surface area is 80.8 Å². The van der Waals surface area contributed by atoms with Crippen LogP contribution in [0.2, 0.25) is 0 Å². The lowest BCUT2D eigenvalue weighted by Crippen LogP contribution is -2.36. The van der Waals surface area contributed by atoms with Crippen molar-refractivity contribution in [1.29, 1.82) is 5.41 Å². The molecule has 0 aromatic carbocycles. The Balaban J connectivity index is 2.25. The quantitative estimate of drug-likeness (QED) is 0.483. The van der Waals surface area contributed by atoms with Crippen LogP contribution in [0.5, 0.6) is 0 Å². The van der Waals surface area contributed by atoms with Crippen LogP contribution in [0.1, 0.15) is 33.1 Å². The van der Waals surface area contributed by atoms with E-state index in [0.717, 1.165) is 18.5 Å². The number of hydrogen-bond donors (Lipinski definition) is 2. The molecule has 1 saturated carbocycles. The van der Waals surface area contributed by atoms with Crippen molar-refractivity contribution in [3.8, 4) is 0 Å². The van der Waals surface area contributed by atoms with Crippen LogP contribution in [0.15, 0.2) is 0 Å². The monoisotopic (exact) mass is 183 g/mol. The molecule has 1 fully saturated rings. The predicted octanol–water partition coefficient (Wildman–Crippen LogP) is 1.43. The van der Waals surface area contributed by atoms with Gasteiger partial charge in [0.2, 0.25) is 0 Å². The lowest BCUT2D eigenvalue weighted by atomic mass is 10.1. The molecular formula is C10H21N3. The first-order chi connectivity index (χ1) is 6.09. The predicted molar refractivity (Wildman–Crippen MR) is 56.0 cm³/mol. The van der Waals surface area contributed by atoms with Crippen molar-refractivity contribution in [2.24, 2.45) is 11.7 Å². The summed E-state index contributed by atoms with van der Waals surface area (Å²) in [4.78, 5) is 2.35. The first-order valence-electron chi connectivity index (χ1n) is 5.16. The number of nitrogens with two attached hydrogens (primary N) is 1. The molecule has 0 bridgehead atoms. The smallest absolute Gasteiger partial charge is 0.105 e. The molecule has 0 aromatic rings. The Bertz CT molecular complexity index is 173. The van der Waals surface area contributed by atoms with Gasteiger partial charge in [0, 0.05) is 6.04 Å². The maximum absolute atomic E-state index is 7.27. The molecule has 1 aliphatic rings. The minimum Gasteiger partial charge on any atom is -0.387 e. The van der Waals surface area contributed by atoms with Crippen LogP contribution < -0.4 is 5.73 Å². The van der Waals surface area contributed by atoms with E-state index in [1.165, 1.54) is 19.3 Å². The molecule has 1 rings (SSSR count). The Morgan fingerprint density at radius 1 is 1.54 bits per heavy atom. The van der Waals surface area contributed by atoms with Crippen molar-refractivity contribution in [2.75, 3.05) is 13.1 Å². The Hall–Kier alpha value is -0.570. The van der Waals surface area contributed by atoms with E-state index in [1.54, 1.807) is 0 Å². The topological polar surface area (TPSA) is 53.1 Å². The number of nitrogens with zero attached hydrogens (tertiary/aromatic N) is 1. The van der Waals surface area contributed by atoms with Crippen molar-refractivity contribution in [3.05, 3.63) is 0 Å². The first-order valence-corrected chi connectivity index (χ1v) is 5.16. The van der Waals surface area contributed by atoms with E-state index in [0.29, 0.717) is 12.4 Å². The standard InChI is InChI=1S/C10H21N3/c1-8(2)5-6-13(7-10(11)12)9-3-4-9/h8-9H,3-7H2,1-2H3,(H3,11,12). The summed E-state index contributed by atoms with van der Waals surface area (Å²) in [7, 11) is 0. The second-order valence-corrected chi connectivity index (χ2v) is 4.41. The van der Waals surface area contributed by atoms with Gasteiger partial charge < -0.3 is 5.73 Å². The molecule has 0 radical (unpaired) electrons. The van der Waals surface area contributed by atoms with Crippen LogP contribution in [0.25, 0.3) is 0 Å². The molecule has 3 nitrogen and oxygen atoms in total. The summed E-state index contributed by atoms with van der Waals surface area (Å²) >= 11 is 0. The van der Waals surface area contributed by atoms with Crippen LogP contribution in [0, 0.1) is 11.3 Å². The van der Waals surface area contributed by atoms with Gasteiger partial charge in [0.05, 0.1) is 6.54 Å². The third-order valence-corrected chi connectivity index (χ3v) is 2.43. The van der Waals surface area contributed by atoms with Crippen LogP contribution >= 0.6 is 0 Å². The molecule has 0 atom stereocenters. The summed E-state index contributed by atoms with van der Waals surface area (Å²) in [5, 5.41) is 7.27. The fourth-order valence-electron chi connectivity index (χ4n) is 1.47. The summed E-state index contributed by atoms with van der Waals surface area (Å²) in [5.74, 6) is 1.05. The van der Waals surface area contributed by atoms with Gasteiger partial charge >= 0.3 is 0 Å². The van der Waals surface area contributed by atoms with Crippen molar-refractivity contribution in [1.82, 2.24) is 4.90 Å². The van der Waals surface area contributed by atoms with E-state index in [1.807, 2.05) is 0 Å². The van der Waals surface area contributed by atoms with E-state index >= 15 is 0 Å². The molecule has 3 heteroatoms. The third-order valence-electron chi connectivity index (χ3n) is 2.43. The summed E-state index contributed by atoms with van der Waals surface area (Å²) in [6.07, 6.45) is 3.81. The largest absolute Gasteiger partial charge is 0.387 e. The third kappa shape index (κ3) is 4.27. The maximum atomic E-state index is 7.27. The molecule has 3 N–H and O–H groups in total. The fraction of sp³-hybridized carbons (Fsp3) is 0.900. The Morgan fingerprint density at radius 2 is 2.15 bits per heavy atom. The molecule has 1 aliphatic carbocycles. The molecule has 0 spiro atoms. The highest BCUT2D eigenvalue weighted by atomic mass is 15.2. The number of nitrogens with one attached hydrogen (secondary N) is 1. The average Bonchev–Trinajstić information content (AvgIpc) is 2.78. The van der Waals surface area contributed by atoms with Gasteiger partial charge in [0.1, 0.15) is 5.84 Å². The molecule has 0 aromatic heterocycles. The molecule has 0 heterocycles. The van der Waals surface area contributed by atoms with Crippen molar-refractivity contribution in [3.63, 3.8) is 0 Å². The minimum atomic E-state index is 0.302.